The number of hydrogen-bond donors (Lipinski definition) is 0. The molecule has 2 aromatic rings. The van der Waals surface area contributed by atoms with Gasteiger partial charge in [0, 0.05) is 31.5 Å². The van der Waals surface area contributed by atoms with Crippen LogP contribution in [-0.2, 0) is 25.4 Å². The second kappa shape index (κ2) is 21.8. The van der Waals surface area contributed by atoms with Gasteiger partial charge in [0.05, 0.1) is 28.7 Å². The minimum Gasteiger partial charge on any atom is -0.492 e. The lowest BCUT2D eigenvalue weighted by Gasteiger charge is -2.46. The van der Waals surface area contributed by atoms with Gasteiger partial charge in [-0.2, -0.15) is 0 Å². The van der Waals surface area contributed by atoms with Crippen molar-refractivity contribution in [3.05, 3.63) is 63.1 Å². The van der Waals surface area contributed by atoms with Crippen molar-refractivity contribution in [1.29, 1.82) is 0 Å². The van der Waals surface area contributed by atoms with E-state index in [0.29, 0.717) is 50.2 Å². The third-order valence-electron chi connectivity index (χ3n) is 8.07. The van der Waals surface area contributed by atoms with Crippen molar-refractivity contribution < 1.29 is 23.7 Å². The SMILES string of the molecule is CCCCOC[C@H]1S[C@@H](c2ccc(Cl)c(Cc3ccc(OCC)c(Cl)c3)c2)[C@H](OCCCC)[C@@H](OCCCC)[C@@H]1OCCCC. The maximum absolute atomic E-state index is 6.82. The Labute approximate surface area is 287 Å². The summed E-state index contributed by atoms with van der Waals surface area (Å²) < 4.78 is 32.1. The van der Waals surface area contributed by atoms with Gasteiger partial charge in [-0.3, -0.25) is 0 Å². The molecule has 1 aliphatic rings. The Balaban J connectivity index is 1.98. The van der Waals surface area contributed by atoms with Crippen molar-refractivity contribution in [2.45, 2.75) is 121 Å². The topological polar surface area (TPSA) is 46.2 Å². The molecule has 2 aromatic carbocycles. The van der Waals surface area contributed by atoms with Gasteiger partial charge < -0.3 is 23.7 Å². The van der Waals surface area contributed by atoms with E-state index in [9.17, 15) is 0 Å². The molecule has 3 rings (SSSR count). The molecule has 1 heterocycles. The molecule has 0 aliphatic carbocycles. The first kappa shape index (κ1) is 38.5. The van der Waals surface area contributed by atoms with Crippen LogP contribution < -0.4 is 4.74 Å². The number of ether oxygens (including phenoxy) is 5. The molecule has 0 saturated carbocycles. The average Bonchev–Trinajstić information content (AvgIpc) is 3.03. The largest absolute Gasteiger partial charge is 0.492 e. The highest BCUT2D eigenvalue weighted by molar-refractivity contribution is 8.00. The second-order valence-electron chi connectivity index (χ2n) is 11.8. The molecule has 0 aromatic heterocycles. The fraction of sp³-hybridized carbons (Fsp3) is 0.676. The van der Waals surface area contributed by atoms with Crippen molar-refractivity contribution in [2.24, 2.45) is 0 Å². The van der Waals surface area contributed by atoms with E-state index < -0.39 is 0 Å². The van der Waals surface area contributed by atoms with Crippen LogP contribution in [0.25, 0.3) is 0 Å². The smallest absolute Gasteiger partial charge is 0.137 e. The normalized spacial score (nSPS) is 21.7. The maximum atomic E-state index is 6.82. The minimum absolute atomic E-state index is 0.0409. The molecular formula is C37H56Cl2O5S. The van der Waals surface area contributed by atoms with Gasteiger partial charge in [0.1, 0.15) is 24.1 Å². The number of halogens is 2. The maximum Gasteiger partial charge on any atom is 0.137 e. The van der Waals surface area contributed by atoms with Gasteiger partial charge in [-0.1, -0.05) is 94.8 Å². The zero-order chi connectivity index (χ0) is 32.4. The van der Waals surface area contributed by atoms with Crippen LogP contribution in [0.3, 0.4) is 0 Å². The number of benzene rings is 2. The Kier molecular flexibility index (Phi) is 18.6. The molecule has 1 aliphatic heterocycles. The summed E-state index contributed by atoms with van der Waals surface area (Å²) in [5.74, 6) is 0.700. The van der Waals surface area contributed by atoms with E-state index >= 15 is 0 Å². The van der Waals surface area contributed by atoms with Crippen LogP contribution in [0.15, 0.2) is 36.4 Å². The monoisotopic (exact) mass is 682 g/mol. The van der Waals surface area contributed by atoms with E-state index in [1.165, 1.54) is 5.56 Å². The van der Waals surface area contributed by atoms with Crippen molar-refractivity contribution in [3.63, 3.8) is 0 Å². The average molecular weight is 684 g/mol. The molecule has 0 N–H and O–H groups in total. The lowest BCUT2D eigenvalue weighted by molar-refractivity contribution is -0.149. The lowest BCUT2D eigenvalue weighted by Crippen LogP contribution is -2.55. The van der Waals surface area contributed by atoms with Gasteiger partial charge >= 0.3 is 0 Å². The molecule has 5 atom stereocenters. The van der Waals surface area contributed by atoms with Gasteiger partial charge in [-0.15, -0.1) is 11.8 Å². The first-order chi connectivity index (χ1) is 22.0. The molecule has 0 bridgehead atoms. The molecule has 0 spiro atoms. The molecule has 1 saturated heterocycles. The van der Waals surface area contributed by atoms with Crippen LogP contribution in [0.4, 0.5) is 0 Å². The summed E-state index contributed by atoms with van der Waals surface area (Å²) in [5, 5.41) is 1.51. The summed E-state index contributed by atoms with van der Waals surface area (Å²) in [4.78, 5) is 0. The van der Waals surface area contributed by atoms with E-state index in [4.69, 9.17) is 46.9 Å². The summed E-state index contributed by atoms with van der Waals surface area (Å²) >= 11 is 15.3. The summed E-state index contributed by atoms with van der Waals surface area (Å²) in [6.45, 7) is 14.8. The molecular weight excluding hydrogens is 627 g/mol. The highest BCUT2D eigenvalue weighted by Gasteiger charge is 2.48. The Morgan fingerprint density at radius 2 is 1.29 bits per heavy atom. The number of unbranched alkanes of at least 4 members (excludes halogenated alkanes) is 4. The molecule has 8 heteroatoms. The van der Waals surface area contributed by atoms with E-state index in [1.54, 1.807) is 0 Å². The summed E-state index contributed by atoms with van der Waals surface area (Å²) in [6, 6.07) is 12.4. The number of hydrogen-bond acceptors (Lipinski definition) is 6. The van der Waals surface area contributed by atoms with Gasteiger partial charge in [-0.25, -0.2) is 0 Å². The van der Waals surface area contributed by atoms with Crippen LogP contribution in [0.2, 0.25) is 10.0 Å². The predicted molar refractivity (Wildman–Crippen MR) is 191 cm³/mol. The van der Waals surface area contributed by atoms with Gasteiger partial charge in [0.2, 0.25) is 0 Å². The molecule has 0 unspecified atom stereocenters. The summed E-state index contributed by atoms with van der Waals surface area (Å²) in [6.07, 6.45) is 8.64. The molecule has 0 amide bonds. The van der Waals surface area contributed by atoms with Gasteiger partial charge in [0.15, 0.2) is 0 Å². The highest BCUT2D eigenvalue weighted by Crippen LogP contribution is 2.47. The van der Waals surface area contributed by atoms with Gasteiger partial charge in [-0.05, 0) is 73.9 Å². The van der Waals surface area contributed by atoms with Crippen LogP contribution >= 0.6 is 35.0 Å². The predicted octanol–water partition coefficient (Wildman–Crippen LogP) is 10.5. The van der Waals surface area contributed by atoms with E-state index in [-0.39, 0.29) is 28.8 Å². The van der Waals surface area contributed by atoms with Crippen molar-refractivity contribution >= 4 is 35.0 Å². The minimum atomic E-state index is -0.194. The zero-order valence-electron chi connectivity index (χ0n) is 28.2. The van der Waals surface area contributed by atoms with Crippen LogP contribution in [0.1, 0.15) is 108 Å². The standard InChI is InChI=1S/C37H56Cl2O5S/c1-6-11-19-40-26-33-34(42-20-12-7-2)35(43-21-13-8-3)36(44-22-14-9-4)37(45-33)28-16-17-30(38)29(25-28)23-27-15-18-32(41-10-5)31(39)24-27/h15-18,24-25,33-37H,6-14,19-23,26H2,1-5H3/t33-,34-,35+,36-,37+/m1/s1. The Morgan fingerprint density at radius 3 is 1.91 bits per heavy atom. The highest BCUT2D eigenvalue weighted by atomic mass is 35.5. The fourth-order valence-corrected chi connectivity index (χ4v) is 7.56. The summed E-state index contributed by atoms with van der Waals surface area (Å²) in [7, 11) is 0. The Bertz CT molecular complexity index is 1100. The van der Waals surface area contributed by atoms with Gasteiger partial charge in [0.25, 0.3) is 0 Å². The Morgan fingerprint density at radius 1 is 0.667 bits per heavy atom. The number of rotatable bonds is 22. The van der Waals surface area contributed by atoms with E-state index in [1.807, 2.05) is 36.9 Å². The first-order valence-electron chi connectivity index (χ1n) is 17.2. The van der Waals surface area contributed by atoms with Crippen molar-refractivity contribution in [2.75, 3.05) is 39.6 Å². The fourth-order valence-electron chi connectivity index (χ4n) is 5.48. The molecule has 254 valence electrons. The lowest BCUT2D eigenvalue weighted by atomic mass is 9.94. The zero-order valence-corrected chi connectivity index (χ0v) is 30.5. The molecule has 0 radical (unpaired) electrons. The van der Waals surface area contributed by atoms with Crippen molar-refractivity contribution in [1.82, 2.24) is 0 Å². The van der Waals surface area contributed by atoms with E-state index in [2.05, 4.69) is 45.9 Å². The number of thioether (sulfide) groups is 1. The van der Waals surface area contributed by atoms with E-state index in [0.717, 1.165) is 74.1 Å². The quantitative estimate of drug-likeness (QED) is 0.115. The first-order valence-corrected chi connectivity index (χ1v) is 18.9. The third kappa shape index (κ3) is 12.2. The molecule has 5 nitrogen and oxygen atoms in total. The molecule has 45 heavy (non-hydrogen) atoms. The van der Waals surface area contributed by atoms with Crippen LogP contribution in [0, 0.1) is 0 Å². The Hall–Kier alpha value is -0.990. The molecule has 1 fully saturated rings. The third-order valence-corrected chi connectivity index (χ3v) is 10.3. The summed E-state index contributed by atoms with van der Waals surface area (Å²) in [5.41, 5.74) is 3.33. The van der Waals surface area contributed by atoms with Crippen molar-refractivity contribution in [3.8, 4) is 5.75 Å². The van der Waals surface area contributed by atoms with Crippen LogP contribution in [-0.4, -0.2) is 63.2 Å². The second-order valence-corrected chi connectivity index (χ2v) is 14.0. The van der Waals surface area contributed by atoms with Crippen LogP contribution in [0.5, 0.6) is 5.75 Å².